The maximum absolute atomic E-state index is 10.9. The first-order chi connectivity index (χ1) is 9.58. The zero-order chi connectivity index (χ0) is 14.5. The average Bonchev–Trinajstić information content (AvgIpc) is 2.86. The van der Waals surface area contributed by atoms with Gasteiger partial charge in [-0.2, -0.15) is 0 Å². The Bertz CT molecular complexity index is 591. The third-order valence-electron chi connectivity index (χ3n) is 3.28. The lowest BCUT2D eigenvalue weighted by Crippen LogP contribution is -2.27. The molecule has 1 atom stereocenters. The van der Waals surface area contributed by atoms with Gasteiger partial charge in [0, 0.05) is 9.17 Å². The second-order valence-electron chi connectivity index (χ2n) is 5.08. The van der Waals surface area contributed by atoms with Crippen LogP contribution in [0.5, 0.6) is 0 Å². The van der Waals surface area contributed by atoms with Gasteiger partial charge in [-0.25, -0.2) is 0 Å². The largest absolute Gasteiger partial charge is 0.365 e. The number of carbonyl (C=O) groups is 1. The molecule has 0 aliphatic carbocycles. The normalized spacial score (nSPS) is 18.4. The molecule has 0 bridgehead atoms. The van der Waals surface area contributed by atoms with Crippen LogP contribution in [0.3, 0.4) is 0 Å². The van der Waals surface area contributed by atoms with Crippen molar-refractivity contribution in [3.05, 3.63) is 33.6 Å². The molecule has 0 spiro atoms. The molecule has 3 N–H and O–H groups in total. The smallest absolute Gasteiger partial charge is 0.258 e. The van der Waals surface area contributed by atoms with Crippen LogP contribution in [0.4, 0.5) is 0 Å². The van der Waals surface area contributed by atoms with Gasteiger partial charge in [-0.05, 0) is 65.3 Å². The van der Waals surface area contributed by atoms with E-state index in [2.05, 4.69) is 28.2 Å². The first kappa shape index (κ1) is 15.5. The van der Waals surface area contributed by atoms with Gasteiger partial charge in [0.2, 0.25) is 0 Å². The van der Waals surface area contributed by atoms with Gasteiger partial charge < -0.3 is 11.1 Å². The monoisotopic (exact) mass is 354 g/mol. The maximum Gasteiger partial charge on any atom is 0.258 e. The molecule has 0 radical (unpaired) electrons. The van der Waals surface area contributed by atoms with E-state index in [9.17, 15) is 4.79 Å². The van der Waals surface area contributed by atoms with Gasteiger partial charge in [0.15, 0.2) is 0 Å². The van der Waals surface area contributed by atoms with Crippen molar-refractivity contribution < 1.29 is 4.79 Å². The fourth-order valence-electron chi connectivity index (χ4n) is 2.17. The van der Waals surface area contributed by atoms with Crippen molar-refractivity contribution in [2.24, 2.45) is 11.7 Å². The highest BCUT2D eigenvalue weighted by molar-refractivity contribution is 9.10. The first-order valence-corrected chi connectivity index (χ1v) is 8.37. The van der Waals surface area contributed by atoms with Crippen LogP contribution in [0.2, 0.25) is 0 Å². The molecule has 1 amide bonds. The topological polar surface area (TPSA) is 55.1 Å². The van der Waals surface area contributed by atoms with Gasteiger partial charge in [-0.3, -0.25) is 4.79 Å². The Morgan fingerprint density at radius 3 is 2.80 bits per heavy atom. The lowest BCUT2D eigenvalue weighted by molar-refractivity contribution is 0.100. The Hall–Kier alpha value is -0.910. The molecular weight excluding hydrogens is 336 g/mol. The molecule has 1 aromatic carbocycles. The molecule has 1 unspecified atom stereocenters. The second kappa shape index (κ2) is 7.20. The van der Waals surface area contributed by atoms with E-state index in [1.54, 1.807) is 0 Å². The molecule has 1 aliphatic rings. The Morgan fingerprint density at radius 2 is 2.30 bits per heavy atom. The van der Waals surface area contributed by atoms with Crippen molar-refractivity contribution in [1.29, 1.82) is 0 Å². The van der Waals surface area contributed by atoms with Gasteiger partial charge in [0.05, 0.1) is 4.88 Å². The number of carbonyl (C=O) groups excluding carboxylic acids is 1. The number of fused-ring (bicyclic) bond motifs is 1. The summed E-state index contributed by atoms with van der Waals surface area (Å²) < 4.78 is 2.07. The zero-order valence-corrected chi connectivity index (χ0v) is 13.9. The summed E-state index contributed by atoms with van der Waals surface area (Å²) in [5.74, 6) is 0.557. The summed E-state index contributed by atoms with van der Waals surface area (Å²) in [6.07, 6.45) is 2.80. The van der Waals surface area contributed by atoms with Crippen LogP contribution in [-0.2, 0) is 0 Å². The van der Waals surface area contributed by atoms with Gasteiger partial charge in [-0.15, -0.1) is 11.3 Å². The van der Waals surface area contributed by atoms with Crippen LogP contribution in [0.25, 0.3) is 10.1 Å². The Labute approximate surface area is 131 Å². The van der Waals surface area contributed by atoms with Crippen LogP contribution < -0.4 is 11.1 Å². The number of halogens is 1. The van der Waals surface area contributed by atoms with Crippen molar-refractivity contribution in [3.63, 3.8) is 0 Å². The van der Waals surface area contributed by atoms with Gasteiger partial charge in [-0.1, -0.05) is 19.1 Å². The lowest BCUT2D eigenvalue weighted by atomic mass is 10.0. The molecule has 1 aliphatic heterocycles. The number of benzene rings is 1. The molecule has 108 valence electrons. The van der Waals surface area contributed by atoms with E-state index >= 15 is 0 Å². The number of rotatable bonds is 1. The predicted octanol–water partition coefficient (Wildman–Crippen LogP) is 3.77. The molecule has 1 aromatic heterocycles. The van der Waals surface area contributed by atoms with Crippen LogP contribution in [0, 0.1) is 5.92 Å². The third kappa shape index (κ3) is 4.04. The highest BCUT2D eigenvalue weighted by Gasteiger charge is 2.07. The van der Waals surface area contributed by atoms with Crippen LogP contribution in [0.1, 0.15) is 29.4 Å². The minimum atomic E-state index is -0.367. The lowest BCUT2D eigenvalue weighted by Gasteiger charge is -2.17. The third-order valence-corrected chi connectivity index (χ3v) is 5.40. The Kier molecular flexibility index (Phi) is 5.57. The summed E-state index contributed by atoms with van der Waals surface area (Å²) in [6, 6.07) is 7.66. The number of amides is 1. The maximum atomic E-state index is 10.9. The standard InChI is InChI=1S/C9H6BrNOS.C6H13N/c10-6-3-1-2-5-4-7(9(11)12)13-8(5)6;1-6-3-2-4-7-5-6/h1-4H,(H2,11,12);6-7H,2-5H2,1H3. The Morgan fingerprint density at radius 1 is 1.50 bits per heavy atom. The molecule has 5 heteroatoms. The SMILES string of the molecule is CC1CCCNC1.NC(=O)c1cc2cccc(Br)c2s1. The summed E-state index contributed by atoms with van der Waals surface area (Å²) in [6.45, 7) is 4.77. The molecule has 0 saturated carbocycles. The Balaban J connectivity index is 0.000000178. The van der Waals surface area contributed by atoms with Crippen molar-refractivity contribution >= 4 is 43.3 Å². The quantitative estimate of drug-likeness (QED) is 0.818. The number of thiophene rings is 1. The van der Waals surface area contributed by atoms with Crippen LogP contribution in [-0.4, -0.2) is 19.0 Å². The summed E-state index contributed by atoms with van der Waals surface area (Å²) in [5, 5.41) is 4.38. The number of primary amides is 1. The molecule has 3 nitrogen and oxygen atoms in total. The number of nitrogens with one attached hydrogen (secondary N) is 1. The van der Waals surface area contributed by atoms with E-state index in [1.165, 1.54) is 37.3 Å². The van der Waals surface area contributed by atoms with E-state index in [0.29, 0.717) is 4.88 Å². The second-order valence-corrected chi connectivity index (χ2v) is 6.99. The van der Waals surface area contributed by atoms with Crippen molar-refractivity contribution in [2.75, 3.05) is 13.1 Å². The van der Waals surface area contributed by atoms with E-state index < -0.39 is 0 Å². The van der Waals surface area contributed by atoms with Gasteiger partial charge in [0.1, 0.15) is 0 Å². The number of piperidine rings is 1. The van der Waals surface area contributed by atoms with Gasteiger partial charge >= 0.3 is 0 Å². The summed E-state index contributed by atoms with van der Waals surface area (Å²) in [7, 11) is 0. The summed E-state index contributed by atoms with van der Waals surface area (Å²) in [4.78, 5) is 11.5. The molecular formula is C15H19BrN2OS. The van der Waals surface area contributed by atoms with Crippen molar-refractivity contribution in [3.8, 4) is 0 Å². The van der Waals surface area contributed by atoms with Crippen molar-refractivity contribution in [2.45, 2.75) is 19.8 Å². The fraction of sp³-hybridized carbons (Fsp3) is 0.400. The highest BCUT2D eigenvalue weighted by atomic mass is 79.9. The van der Waals surface area contributed by atoms with E-state index in [-0.39, 0.29) is 5.91 Å². The first-order valence-electron chi connectivity index (χ1n) is 6.76. The van der Waals surface area contributed by atoms with E-state index in [0.717, 1.165) is 20.5 Å². The number of nitrogens with two attached hydrogens (primary N) is 1. The molecule has 2 heterocycles. The molecule has 20 heavy (non-hydrogen) atoms. The van der Waals surface area contributed by atoms with Crippen LogP contribution in [0.15, 0.2) is 28.7 Å². The molecule has 2 aromatic rings. The van der Waals surface area contributed by atoms with E-state index in [1.807, 2.05) is 24.3 Å². The number of hydrogen-bond donors (Lipinski definition) is 2. The predicted molar refractivity (Wildman–Crippen MR) is 89.3 cm³/mol. The van der Waals surface area contributed by atoms with Crippen LogP contribution >= 0.6 is 27.3 Å². The minimum Gasteiger partial charge on any atom is -0.365 e. The zero-order valence-electron chi connectivity index (χ0n) is 11.5. The minimum absolute atomic E-state index is 0.367. The molecule has 3 rings (SSSR count). The summed E-state index contributed by atoms with van der Waals surface area (Å²) >= 11 is 4.83. The highest BCUT2D eigenvalue weighted by Crippen LogP contribution is 2.31. The van der Waals surface area contributed by atoms with E-state index in [4.69, 9.17) is 5.73 Å². The average molecular weight is 355 g/mol. The fourth-order valence-corrected chi connectivity index (χ4v) is 3.72. The number of hydrogen-bond acceptors (Lipinski definition) is 3. The van der Waals surface area contributed by atoms with Gasteiger partial charge in [0.25, 0.3) is 5.91 Å². The molecule has 1 saturated heterocycles. The van der Waals surface area contributed by atoms with Crippen molar-refractivity contribution in [1.82, 2.24) is 5.32 Å². The molecule has 1 fully saturated rings. The summed E-state index contributed by atoms with van der Waals surface area (Å²) in [5.41, 5.74) is 5.18.